The Balaban J connectivity index is 1.22. The first-order chi connectivity index (χ1) is 20.7. The topological polar surface area (TPSA) is 126 Å². The van der Waals surface area contributed by atoms with Crippen LogP contribution in [0.1, 0.15) is 34.5 Å². The zero-order valence-corrected chi connectivity index (χ0v) is 24.8. The number of amides is 1. The third kappa shape index (κ3) is 6.37. The number of halogens is 2. The highest BCUT2D eigenvalue weighted by molar-refractivity contribution is 7.89. The van der Waals surface area contributed by atoms with Gasteiger partial charge in [-0.15, -0.1) is 0 Å². The van der Waals surface area contributed by atoms with Crippen LogP contribution in [-0.2, 0) is 23.0 Å². The van der Waals surface area contributed by atoms with Gasteiger partial charge in [-0.05, 0) is 56.8 Å². The number of aromatic nitrogens is 2. The molecule has 0 saturated carbocycles. The summed E-state index contributed by atoms with van der Waals surface area (Å²) in [5, 5.41) is 17.0. The zero-order valence-electron chi connectivity index (χ0n) is 24.0. The molecule has 3 aliphatic heterocycles. The molecule has 0 radical (unpaired) electrons. The third-order valence-corrected chi connectivity index (χ3v) is 10.2. The van der Waals surface area contributed by atoms with Crippen LogP contribution in [0.25, 0.3) is 0 Å². The number of aromatic amines is 1. The molecule has 3 aromatic rings. The molecule has 2 aromatic carbocycles. The second kappa shape index (κ2) is 12.2. The number of rotatable bonds is 8. The number of carbonyl (C=O) groups is 1. The standard InChI is InChI=1S/C29H36F2N8O3S/c1-37-9-11-38(12-10-37)22-4-5-24(27(16-22)33-17-21-3-2-7-32-21)29(40)34-28-25-18-39(8-6-26(25)35-36-28)43(41,42)23-14-19(30)13-20(31)15-23/h4-5,13-16,21,32-33H,2-3,6-12,17-18H2,1H3,(H2,34,35,36,40)/t21-/m1/s1. The number of nitrogens with zero attached hydrogens (tertiary/aromatic N) is 4. The first kappa shape index (κ1) is 29.5. The van der Waals surface area contributed by atoms with Gasteiger partial charge in [0.15, 0.2) is 5.82 Å². The largest absolute Gasteiger partial charge is 0.383 e. The van der Waals surface area contributed by atoms with Crippen molar-refractivity contribution in [2.75, 3.05) is 68.4 Å². The van der Waals surface area contributed by atoms with Gasteiger partial charge < -0.3 is 25.8 Å². The van der Waals surface area contributed by atoms with Crippen molar-refractivity contribution in [3.8, 4) is 0 Å². The maximum absolute atomic E-state index is 13.8. The van der Waals surface area contributed by atoms with Crippen LogP contribution in [0.15, 0.2) is 41.3 Å². The van der Waals surface area contributed by atoms with Crippen LogP contribution in [0.2, 0.25) is 0 Å². The molecule has 11 nitrogen and oxygen atoms in total. The van der Waals surface area contributed by atoms with E-state index in [0.717, 1.165) is 67.7 Å². The summed E-state index contributed by atoms with van der Waals surface area (Å²) >= 11 is 0. The predicted molar refractivity (Wildman–Crippen MR) is 160 cm³/mol. The van der Waals surface area contributed by atoms with E-state index in [1.807, 2.05) is 18.2 Å². The molecule has 0 bridgehead atoms. The number of carbonyl (C=O) groups excluding carboxylic acids is 1. The average Bonchev–Trinajstić information content (AvgIpc) is 3.66. The summed E-state index contributed by atoms with van der Waals surface area (Å²) in [6.45, 7) is 5.36. The Bertz CT molecular complexity index is 1580. The van der Waals surface area contributed by atoms with Gasteiger partial charge in [0, 0.05) is 87.0 Å². The number of hydrogen-bond acceptors (Lipinski definition) is 8. The van der Waals surface area contributed by atoms with Gasteiger partial charge >= 0.3 is 0 Å². The molecule has 3 aliphatic rings. The van der Waals surface area contributed by atoms with Crippen LogP contribution in [0, 0.1) is 11.6 Å². The minimum atomic E-state index is -4.19. The van der Waals surface area contributed by atoms with Crippen molar-refractivity contribution in [1.29, 1.82) is 0 Å². The Morgan fingerprint density at radius 3 is 2.56 bits per heavy atom. The van der Waals surface area contributed by atoms with E-state index in [-0.39, 0.29) is 24.8 Å². The summed E-state index contributed by atoms with van der Waals surface area (Å²) in [6, 6.07) is 8.32. The second-order valence-electron chi connectivity index (χ2n) is 11.4. The Hall–Kier alpha value is -3.59. The van der Waals surface area contributed by atoms with Crippen LogP contribution in [0.5, 0.6) is 0 Å². The number of likely N-dealkylation sites (N-methyl/N-ethyl adjacent to an activating group) is 1. The van der Waals surface area contributed by atoms with Crippen molar-refractivity contribution < 1.29 is 22.0 Å². The number of anilines is 3. The maximum atomic E-state index is 13.8. The van der Waals surface area contributed by atoms with Crippen LogP contribution in [-0.4, -0.2) is 92.6 Å². The molecular weight excluding hydrogens is 578 g/mol. The van der Waals surface area contributed by atoms with Crippen molar-refractivity contribution in [2.45, 2.75) is 36.7 Å². The molecule has 230 valence electrons. The highest BCUT2D eigenvalue weighted by atomic mass is 32.2. The summed E-state index contributed by atoms with van der Waals surface area (Å²) in [4.78, 5) is 17.8. The Morgan fingerprint density at radius 1 is 1.07 bits per heavy atom. The SMILES string of the molecule is CN1CCN(c2ccc(C(=O)Nc3n[nH]c4c3CN(S(=O)(=O)c3cc(F)cc(F)c3)CC4)c(NC[C@H]3CCCN3)c2)CC1. The van der Waals surface area contributed by atoms with Crippen LogP contribution < -0.4 is 20.9 Å². The van der Waals surface area contributed by atoms with E-state index in [2.05, 4.69) is 43.0 Å². The third-order valence-electron chi connectivity index (χ3n) is 8.42. The van der Waals surface area contributed by atoms with Crippen molar-refractivity contribution in [1.82, 2.24) is 24.7 Å². The lowest BCUT2D eigenvalue weighted by Gasteiger charge is -2.34. The van der Waals surface area contributed by atoms with Crippen molar-refractivity contribution in [2.24, 2.45) is 0 Å². The maximum Gasteiger partial charge on any atom is 0.258 e. The van der Waals surface area contributed by atoms with Gasteiger partial charge in [0.25, 0.3) is 5.91 Å². The summed E-state index contributed by atoms with van der Waals surface area (Å²) in [6.07, 6.45) is 2.48. The van der Waals surface area contributed by atoms with E-state index in [1.165, 1.54) is 0 Å². The minimum absolute atomic E-state index is 0.0973. The van der Waals surface area contributed by atoms with E-state index in [4.69, 9.17) is 0 Å². The van der Waals surface area contributed by atoms with E-state index in [0.29, 0.717) is 47.6 Å². The first-order valence-corrected chi connectivity index (χ1v) is 16.0. The van der Waals surface area contributed by atoms with Gasteiger partial charge in [0.05, 0.1) is 10.5 Å². The fourth-order valence-corrected chi connectivity index (χ4v) is 7.33. The molecule has 0 aliphatic carbocycles. The molecule has 2 saturated heterocycles. The number of fused-ring (bicyclic) bond motifs is 1. The van der Waals surface area contributed by atoms with Crippen LogP contribution in [0.3, 0.4) is 0 Å². The van der Waals surface area contributed by atoms with Crippen molar-refractivity contribution >= 4 is 33.1 Å². The first-order valence-electron chi connectivity index (χ1n) is 14.6. The second-order valence-corrected chi connectivity index (χ2v) is 13.3. The van der Waals surface area contributed by atoms with E-state index in [9.17, 15) is 22.0 Å². The number of sulfonamides is 1. The lowest BCUT2D eigenvalue weighted by atomic mass is 10.1. The van der Waals surface area contributed by atoms with Gasteiger partial charge in [-0.25, -0.2) is 17.2 Å². The van der Waals surface area contributed by atoms with Gasteiger partial charge in [0.2, 0.25) is 10.0 Å². The fourth-order valence-electron chi connectivity index (χ4n) is 5.88. The molecular formula is C29H36F2N8O3S. The molecule has 14 heteroatoms. The molecule has 1 aromatic heterocycles. The average molecular weight is 615 g/mol. The van der Waals surface area contributed by atoms with E-state index < -0.39 is 26.6 Å². The minimum Gasteiger partial charge on any atom is -0.383 e. The monoisotopic (exact) mass is 614 g/mol. The summed E-state index contributed by atoms with van der Waals surface area (Å²) < 4.78 is 55.2. The van der Waals surface area contributed by atoms with Gasteiger partial charge in [0.1, 0.15) is 11.6 Å². The van der Waals surface area contributed by atoms with Crippen molar-refractivity contribution in [3.05, 3.63) is 64.9 Å². The molecule has 2 fully saturated rings. The van der Waals surface area contributed by atoms with Gasteiger partial charge in [-0.1, -0.05) is 0 Å². The highest BCUT2D eigenvalue weighted by Crippen LogP contribution is 2.31. The lowest BCUT2D eigenvalue weighted by Crippen LogP contribution is -2.44. The number of nitrogens with one attached hydrogen (secondary N) is 4. The normalized spacial score (nSPS) is 19.8. The summed E-state index contributed by atoms with van der Waals surface area (Å²) in [5.74, 6) is -2.11. The molecule has 0 spiro atoms. The van der Waals surface area contributed by atoms with Crippen LogP contribution >= 0.6 is 0 Å². The Morgan fingerprint density at radius 2 is 1.84 bits per heavy atom. The number of piperazine rings is 1. The zero-order chi connectivity index (χ0) is 30.1. The molecule has 4 N–H and O–H groups in total. The van der Waals surface area contributed by atoms with E-state index in [1.54, 1.807) is 0 Å². The van der Waals surface area contributed by atoms with Gasteiger partial charge in [-0.3, -0.25) is 9.89 Å². The molecule has 1 atom stereocenters. The van der Waals surface area contributed by atoms with Crippen LogP contribution in [0.4, 0.5) is 26.0 Å². The van der Waals surface area contributed by atoms with E-state index >= 15 is 0 Å². The van der Waals surface area contributed by atoms with Gasteiger partial charge in [-0.2, -0.15) is 9.40 Å². The molecule has 4 heterocycles. The number of H-pyrrole nitrogens is 1. The smallest absolute Gasteiger partial charge is 0.258 e. The summed E-state index contributed by atoms with van der Waals surface area (Å²) in [7, 11) is -2.08. The van der Waals surface area contributed by atoms with Crippen molar-refractivity contribution in [3.63, 3.8) is 0 Å². The Kier molecular flexibility index (Phi) is 8.36. The number of benzene rings is 2. The molecule has 6 rings (SSSR count). The molecule has 1 amide bonds. The highest BCUT2D eigenvalue weighted by Gasteiger charge is 2.32. The quantitative estimate of drug-likeness (QED) is 0.305. The Labute approximate surface area is 249 Å². The lowest BCUT2D eigenvalue weighted by molar-refractivity contribution is 0.102. The molecule has 43 heavy (non-hydrogen) atoms. The predicted octanol–water partition coefficient (Wildman–Crippen LogP) is 2.60. The fraction of sp³-hybridized carbons (Fsp3) is 0.448. The summed E-state index contributed by atoms with van der Waals surface area (Å²) in [5.41, 5.74) is 3.41. The molecule has 0 unspecified atom stereocenters. The number of hydrogen-bond donors (Lipinski definition) is 4.